The summed E-state index contributed by atoms with van der Waals surface area (Å²) in [6, 6.07) is 17.7. The van der Waals surface area contributed by atoms with Crippen LogP contribution in [0.25, 0.3) is 5.69 Å². The van der Waals surface area contributed by atoms with Crippen molar-refractivity contribution < 1.29 is 4.79 Å². The smallest absolute Gasteiger partial charge is 0.254 e. The summed E-state index contributed by atoms with van der Waals surface area (Å²) in [6.45, 7) is 3.27. The zero-order valence-corrected chi connectivity index (χ0v) is 15.5. The third kappa shape index (κ3) is 3.94. The van der Waals surface area contributed by atoms with Gasteiger partial charge in [-0.25, -0.2) is 4.68 Å². The number of aromatic nitrogens is 2. The van der Waals surface area contributed by atoms with Crippen molar-refractivity contribution in [1.29, 1.82) is 0 Å². The van der Waals surface area contributed by atoms with E-state index in [1.807, 2.05) is 62.4 Å². The van der Waals surface area contributed by atoms with Crippen molar-refractivity contribution in [3.05, 3.63) is 78.1 Å². The van der Waals surface area contributed by atoms with Crippen LogP contribution in [0.3, 0.4) is 0 Å². The lowest BCUT2D eigenvalue weighted by Crippen LogP contribution is -2.30. The third-order valence-electron chi connectivity index (χ3n) is 4.38. The molecule has 0 radical (unpaired) electrons. The molecule has 1 amide bonds. The first-order valence-corrected chi connectivity index (χ1v) is 8.74. The highest BCUT2D eigenvalue weighted by molar-refractivity contribution is 5.94. The van der Waals surface area contributed by atoms with Gasteiger partial charge in [0.1, 0.15) is 0 Å². The molecular weight excluding hydrogens is 324 g/mol. The molecule has 26 heavy (non-hydrogen) atoms. The molecule has 0 bridgehead atoms. The molecule has 0 unspecified atom stereocenters. The number of carbonyl (C=O) groups is 1. The summed E-state index contributed by atoms with van der Waals surface area (Å²) in [4.78, 5) is 16.8. The maximum absolute atomic E-state index is 12.8. The average molecular weight is 348 g/mol. The summed E-state index contributed by atoms with van der Waals surface area (Å²) in [5.74, 6) is 0.0381. The fourth-order valence-corrected chi connectivity index (χ4v) is 2.81. The summed E-state index contributed by atoms with van der Waals surface area (Å²) in [5, 5.41) is 4.21. The Morgan fingerprint density at radius 1 is 1.04 bits per heavy atom. The van der Waals surface area contributed by atoms with Gasteiger partial charge >= 0.3 is 0 Å². The minimum atomic E-state index is 0.0381. The molecule has 1 aromatic heterocycles. The lowest BCUT2D eigenvalue weighted by Gasteiger charge is -2.22. The molecule has 0 aliphatic heterocycles. The number of hydrogen-bond donors (Lipinski definition) is 0. The van der Waals surface area contributed by atoms with Gasteiger partial charge in [-0.3, -0.25) is 4.79 Å². The number of benzene rings is 2. The van der Waals surface area contributed by atoms with Gasteiger partial charge in [0.05, 0.1) is 5.69 Å². The van der Waals surface area contributed by atoms with Crippen molar-refractivity contribution in [3.63, 3.8) is 0 Å². The number of amides is 1. The first-order valence-electron chi connectivity index (χ1n) is 8.74. The predicted octanol–water partition coefficient (Wildman–Crippen LogP) is 3.60. The van der Waals surface area contributed by atoms with E-state index >= 15 is 0 Å². The third-order valence-corrected chi connectivity index (χ3v) is 4.38. The molecule has 0 saturated heterocycles. The van der Waals surface area contributed by atoms with Gasteiger partial charge in [0.2, 0.25) is 0 Å². The molecule has 3 rings (SSSR count). The van der Waals surface area contributed by atoms with Crippen molar-refractivity contribution in [2.45, 2.75) is 13.5 Å². The van der Waals surface area contributed by atoms with Gasteiger partial charge in [-0.2, -0.15) is 5.10 Å². The predicted molar refractivity (Wildman–Crippen MR) is 105 cm³/mol. The van der Waals surface area contributed by atoms with Gasteiger partial charge in [0.15, 0.2) is 0 Å². The molecule has 5 heteroatoms. The molecule has 0 spiro atoms. The maximum atomic E-state index is 12.8. The van der Waals surface area contributed by atoms with Crippen LogP contribution in [0.1, 0.15) is 22.8 Å². The molecule has 0 saturated carbocycles. The van der Waals surface area contributed by atoms with E-state index < -0.39 is 0 Å². The monoisotopic (exact) mass is 348 g/mol. The summed E-state index contributed by atoms with van der Waals surface area (Å²) in [5.41, 5.74) is 3.90. The Balaban J connectivity index is 1.72. The number of anilines is 1. The van der Waals surface area contributed by atoms with Gasteiger partial charge in [-0.05, 0) is 55.0 Å². The first kappa shape index (κ1) is 17.7. The molecule has 0 fully saturated rings. The van der Waals surface area contributed by atoms with Crippen molar-refractivity contribution in [2.75, 3.05) is 25.5 Å². The largest absolute Gasteiger partial charge is 0.378 e. The lowest BCUT2D eigenvalue weighted by atomic mass is 10.1. The van der Waals surface area contributed by atoms with Gasteiger partial charge < -0.3 is 9.80 Å². The number of hydrogen-bond acceptors (Lipinski definition) is 3. The molecule has 2 aromatic carbocycles. The second kappa shape index (κ2) is 7.87. The first-order chi connectivity index (χ1) is 12.6. The van der Waals surface area contributed by atoms with E-state index in [0.29, 0.717) is 18.7 Å². The highest BCUT2D eigenvalue weighted by Crippen LogP contribution is 2.16. The Labute approximate surface area is 154 Å². The van der Waals surface area contributed by atoms with Crippen LogP contribution in [0.4, 0.5) is 5.69 Å². The molecule has 0 aliphatic carbocycles. The highest BCUT2D eigenvalue weighted by Gasteiger charge is 2.15. The Bertz CT molecular complexity index is 837. The maximum Gasteiger partial charge on any atom is 0.254 e. The minimum absolute atomic E-state index is 0.0381. The molecule has 134 valence electrons. The Kier molecular flexibility index (Phi) is 5.37. The standard InChI is InChI=1S/C21H24N4O/c1-4-24(16-17-6-10-19(11-7-17)23(2)3)21(26)18-8-12-20(13-9-18)25-15-5-14-22-25/h5-15H,4,16H2,1-3H3. The van der Waals surface area contributed by atoms with Crippen LogP contribution in [-0.2, 0) is 6.54 Å². The van der Waals surface area contributed by atoms with Crippen LogP contribution in [0.15, 0.2) is 67.0 Å². The van der Waals surface area contributed by atoms with E-state index in [-0.39, 0.29) is 5.91 Å². The van der Waals surface area contributed by atoms with E-state index in [2.05, 4.69) is 34.3 Å². The van der Waals surface area contributed by atoms with Crippen molar-refractivity contribution in [2.24, 2.45) is 0 Å². The molecule has 0 atom stereocenters. The molecule has 0 aliphatic rings. The molecule has 0 N–H and O–H groups in total. The van der Waals surface area contributed by atoms with Crippen molar-refractivity contribution >= 4 is 11.6 Å². The molecular formula is C21H24N4O. The summed E-state index contributed by atoms with van der Waals surface area (Å²) < 4.78 is 1.78. The number of carbonyl (C=O) groups excluding carboxylic acids is 1. The second-order valence-corrected chi connectivity index (χ2v) is 6.38. The van der Waals surface area contributed by atoms with Crippen LogP contribution >= 0.6 is 0 Å². The van der Waals surface area contributed by atoms with E-state index in [0.717, 1.165) is 16.9 Å². The minimum Gasteiger partial charge on any atom is -0.378 e. The van der Waals surface area contributed by atoms with Gasteiger partial charge in [-0.1, -0.05) is 12.1 Å². The number of rotatable bonds is 6. The zero-order chi connectivity index (χ0) is 18.5. The van der Waals surface area contributed by atoms with Crippen molar-refractivity contribution in [3.8, 4) is 5.69 Å². The normalized spacial score (nSPS) is 10.6. The lowest BCUT2D eigenvalue weighted by molar-refractivity contribution is 0.0752. The van der Waals surface area contributed by atoms with E-state index in [4.69, 9.17) is 0 Å². The quantitative estimate of drug-likeness (QED) is 0.683. The number of nitrogens with zero attached hydrogens (tertiary/aromatic N) is 4. The SMILES string of the molecule is CCN(Cc1ccc(N(C)C)cc1)C(=O)c1ccc(-n2cccn2)cc1. The fraction of sp³-hybridized carbons (Fsp3) is 0.238. The molecule has 3 aromatic rings. The van der Waals surface area contributed by atoms with Gasteiger partial charge in [-0.15, -0.1) is 0 Å². The van der Waals surface area contributed by atoms with Crippen LogP contribution in [0, 0.1) is 0 Å². The van der Waals surface area contributed by atoms with Gasteiger partial charge in [0.25, 0.3) is 5.91 Å². The fourth-order valence-electron chi connectivity index (χ4n) is 2.81. The average Bonchev–Trinajstić information content (AvgIpc) is 3.21. The zero-order valence-electron chi connectivity index (χ0n) is 15.5. The molecule has 1 heterocycles. The summed E-state index contributed by atoms with van der Waals surface area (Å²) in [6.07, 6.45) is 3.62. The topological polar surface area (TPSA) is 41.4 Å². The Morgan fingerprint density at radius 3 is 2.27 bits per heavy atom. The highest BCUT2D eigenvalue weighted by atomic mass is 16.2. The van der Waals surface area contributed by atoms with Crippen molar-refractivity contribution in [1.82, 2.24) is 14.7 Å². The Morgan fingerprint density at radius 2 is 1.73 bits per heavy atom. The van der Waals surface area contributed by atoms with Crippen LogP contribution in [-0.4, -0.2) is 41.2 Å². The van der Waals surface area contributed by atoms with Crippen LogP contribution in [0.5, 0.6) is 0 Å². The second-order valence-electron chi connectivity index (χ2n) is 6.38. The van der Waals surface area contributed by atoms with Crippen LogP contribution < -0.4 is 4.90 Å². The van der Waals surface area contributed by atoms with E-state index in [1.165, 1.54) is 0 Å². The van der Waals surface area contributed by atoms with Gasteiger partial charge in [0, 0.05) is 50.8 Å². The summed E-state index contributed by atoms with van der Waals surface area (Å²) in [7, 11) is 4.04. The summed E-state index contributed by atoms with van der Waals surface area (Å²) >= 11 is 0. The van der Waals surface area contributed by atoms with E-state index in [1.54, 1.807) is 10.9 Å². The van der Waals surface area contributed by atoms with E-state index in [9.17, 15) is 4.79 Å². The Hall–Kier alpha value is -3.08. The van der Waals surface area contributed by atoms with Crippen LogP contribution in [0.2, 0.25) is 0 Å². The molecule has 5 nitrogen and oxygen atoms in total.